The van der Waals surface area contributed by atoms with Gasteiger partial charge in [-0.1, -0.05) is 84.0 Å². The molecule has 2 nitrogen and oxygen atoms in total. The maximum atomic E-state index is 12.3. The zero-order valence-corrected chi connectivity index (χ0v) is 18.2. The molecule has 0 saturated carbocycles. The Morgan fingerprint density at radius 1 is 0.655 bits per heavy atom. The topological polar surface area (TPSA) is 29.5 Å². The van der Waals surface area contributed by atoms with Crippen LogP contribution in [0.3, 0.4) is 0 Å². The molecule has 1 aliphatic rings. The monoisotopic (exact) mass is 386 g/mol. The van der Waals surface area contributed by atoms with Crippen LogP contribution in [-0.4, -0.2) is 5.11 Å². The predicted molar refractivity (Wildman–Crippen MR) is 119 cm³/mol. The van der Waals surface area contributed by atoms with Crippen LogP contribution in [0.15, 0.2) is 66.7 Å². The first-order chi connectivity index (χ1) is 13.5. The van der Waals surface area contributed by atoms with Crippen LogP contribution in [0.25, 0.3) is 0 Å². The van der Waals surface area contributed by atoms with Gasteiger partial charge < -0.3 is 9.84 Å². The van der Waals surface area contributed by atoms with Gasteiger partial charge in [0.05, 0.1) is 0 Å². The molecule has 2 heteroatoms. The molecule has 0 spiro atoms. The summed E-state index contributed by atoms with van der Waals surface area (Å²) in [7, 11) is 0. The van der Waals surface area contributed by atoms with E-state index < -0.39 is 5.60 Å². The predicted octanol–water partition coefficient (Wildman–Crippen LogP) is 6.67. The second-order valence-electron chi connectivity index (χ2n) is 10.1. The number of ether oxygens (including phenoxy) is 1. The van der Waals surface area contributed by atoms with Crippen LogP contribution in [0.5, 0.6) is 11.5 Å². The van der Waals surface area contributed by atoms with Crippen molar-refractivity contribution < 1.29 is 9.84 Å². The average molecular weight is 387 g/mol. The van der Waals surface area contributed by atoms with Crippen molar-refractivity contribution in [3.63, 3.8) is 0 Å². The fourth-order valence-electron chi connectivity index (χ4n) is 3.99. The third-order valence-electron chi connectivity index (χ3n) is 5.88. The normalized spacial score (nSPS) is 15.3. The first-order valence-electron chi connectivity index (χ1n) is 10.3. The molecular weight excluding hydrogens is 356 g/mol. The summed E-state index contributed by atoms with van der Waals surface area (Å²) < 4.78 is 6.27. The van der Waals surface area contributed by atoms with Gasteiger partial charge in [-0.15, -0.1) is 0 Å². The fourth-order valence-corrected chi connectivity index (χ4v) is 3.99. The summed E-state index contributed by atoms with van der Waals surface area (Å²) in [6.45, 7) is 13.1. The summed E-state index contributed by atoms with van der Waals surface area (Å²) in [5.41, 5.74) is 3.47. The highest BCUT2D eigenvalue weighted by Gasteiger charge is 2.43. The van der Waals surface area contributed by atoms with Gasteiger partial charge in [-0.25, -0.2) is 0 Å². The first-order valence-corrected chi connectivity index (χ1v) is 10.3. The van der Waals surface area contributed by atoms with E-state index in [0.717, 1.165) is 16.7 Å². The van der Waals surface area contributed by atoms with Gasteiger partial charge in [0.1, 0.15) is 17.1 Å². The molecule has 4 rings (SSSR count). The SMILES string of the molecule is CC(C)(C)c1ccc2c(c1)C(O)(c1ccccc1)c1cc(C(C)(C)C)ccc1O2. The van der Waals surface area contributed by atoms with E-state index in [0.29, 0.717) is 11.5 Å². The lowest BCUT2D eigenvalue weighted by Gasteiger charge is -2.38. The van der Waals surface area contributed by atoms with Gasteiger partial charge in [0.15, 0.2) is 0 Å². The lowest BCUT2D eigenvalue weighted by molar-refractivity contribution is 0.112. The Morgan fingerprint density at radius 3 is 1.52 bits per heavy atom. The molecule has 0 bridgehead atoms. The Morgan fingerprint density at radius 2 is 1.10 bits per heavy atom. The number of hydrogen-bond donors (Lipinski definition) is 1. The molecule has 0 fully saturated rings. The molecule has 0 aromatic heterocycles. The molecule has 1 aliphatic heterocycles. The minimum atomic E-state index is -1.27. The average Bonchev–Trinajstić information content (AvgIpc) is 2.67. The number of benzene rings is 3. The van der Waals surface area contributed by atoms with Gasteiger partial charge in [0.25, 0.3) is 0 Å². The van der Waals surface area contributed by atoms with E-state index in [9.17, 15) is 5.11 Å². The van der Waals surface area contributed by atoms with E-state index in [1.54, 1.807) is 0 Å². The lowest BCUT2D eigenvalue weighted by Crippen LogP contribution is -2.33. The molecule has 150 valence electrons. The molecule has 0 atom stereocenters. The molecule has 0 aliphatic carbocycles. The van der Waals surface area contributed by atoms with E-state index in [1.165, 1.54) is 11.1 Å². The molecule has 0 unspecified atom stereocenters. The Labute approximate surface area is 174 Å². The second-order valence-corrected chi connectivity index (χ2v) is 10.1. The highest BCUT2D eigenvalue weighted by atomic mass is 16.5. The van der Waals surface area contributed by atoms with Crippen molar-refractivity contribution in [2.24, 2.45) is 0 Å². The molecule has 0 saturated heterocycles. The molecule has 1 N–H and O–H groups in total. The van der Waals surface area contributed by atoms with E-state index in [4.69, 9.17) is 4.74 Å². The zero-order valence-electron chi connectivity index (χ0n) is 18.2. The van der Waals surface area contributed by atoms with Crippen molar-refractivity contribution in [3.8, 4) is 11.5 Å². The summed E-state index contributed by atoms with van der Waals surface area (Å²) in [4.78, 5) is 0. The minimum Gasteiger partial charge on any atom is -0.457 e. The molecule has 1 heterocycles. The van der Waals surface area contributed by atoms with E-state index in [1.807, 2.05) is 42.5 Å². The Balaban J connectivity index is 2.04. The van der Waals surface area contributed by atoms with Crippen molar-refractivity contribution in [1.29, 1.82) is 0 Å². The number of rotatable bonds is 1. The number of hydrogen-bond acceptors (Lipinski definition) is 2. The van der Waals surface area contributed by atoms with Crippen LogP contribution in [0.4, 0.5) is 0 Å². The van der Waals surface area contributed by atoms with E-state index in [-0.39, 0.29) is 10.8 Å². The number of fused-ring (bicyclic) bond motifs is 2. The van der Waals surface area contributed by atoms with Gasteiger partial charge in [-0.2, -0.15) is 0 Å². The van der Waals surface area contributed by atoms with Crippen LogP contribution in [0.1, 0.15) is 69.4 Å². The molecule has 0 radical (unpaired) electrons. The van der Waals surface area contributed by atoms with Crippen molar-refractivity contribution in [1.82, 2.24) is 0 Å². The molecule has 0 amide bonds. The smallest absolute Gasteiger partial charge is 0.147 e. The van der Waals surface area contributed by atoms with Gasteiger partial charge in [0.2, 0.25) is 0 Å². The van der Waals surface area contributed by atoms with Crippen molar-refractivity contribution >= 4 is 0 Å². The summed E-state index contributed by atoms with van der Waals surface area (Å²) >= 11 is 0. The largest absolute Gasteiger partial charge is 0.457 e. The molecular formula is C27H30O2. The Bertz CT molecular complexity index is 987. The van der Waals surface area contributed by atoms with Gasteiger partial charge >= 0.3 is 0 Å². The van der Waals surface area contributed by atoms with Crippen LogP contribution in [-0.2, 0) is 16.4 Å². The van der Waals surface area contributed by atoms with E-state index >= 15 is 0 Å². The quantitative estimate of drug-likeness (QED) is 0.506. The minimum absolute atomic E-state index is 0.0276. The molecule has 3 aromatic carbocycles. The summed E-state index contributed by atoms with van der Waals surface area (Å²) in [6, 6.07) is 22.3. The third kappa shape index (κ3) is 3.26. The van der Waals surface area contributed by atoms with Gasteiger partial charge in [-0.05, 0) is 51.8 Å². The number of aliphatic hydroxyl groups is 1. The summed E-state index contributed by atoms with van der Waals surface area (Å²) in [5, 5.41) is 12.3. The standard InChI is InChI=1S/C27H30O2/c1-25(2,3)19-12-14-23-21(16-19)27(28,18-10-8-7-9-11-18)22-17-20(26(4,5)6)13-15-24(22)29-23/h7-17,28H,1-6H3. The highest BCUT2D eigenvalue weighted by Crippen LogP contribution is 2.51. The highest BCUT2D eigenvalue weighted by molar-refractivity contribution is 5.62. The van der Waals surface area contributed by atoms with Gasteiger partial charge in [0, 0.05) is 11.1 Å². The maximum Gasteiger partial charge on any atom is 0.147 e. The van der Waals surface area contributed by atoms with Crippen molar-refractivity contribution in [2.45, 2.75) is 58.0 Å². The molecule has 29 heavy (non-hydrogen) atoms. The summed E-state index contributed by atoms with van der Waals surface area (Å²) in [6.07, 6.45) is 0. The zero-order chi connectivity index (χ0) is 21.0. The second kappa shape index (κ2) is 6.47. The van der Waals surface area contributed by atoms with Crippen LogP contribution < -0.4 is 4.74 Å². The van der Waals surface area contributed by atoms with E-state index in [2.05, 4.69) is 65.8 Å². The third-order valence-corrected chi connectivity index (χ3v) is 5.88. The fraction of sp³-hybridized carbons (Fsp3) is 0.333. The van der Waals surface area contributed by atoms with Gasteiger partial charge in [-0.3, -0.25) is 0 Å². The Kier molecular flexibility index (Phi) is 4.40. The van der Waals surface area contributed by atoms with Crippen molar-refractivity contribution in [2.75, 3.05) is 0 Å². The lowest BCUT2D eigenvalue weighted by atomic mass is 9.74. The molecule has 3 aromatic rings. The van der Waals surface area contributed by atoms with Crippen molar-refractivity contribution in [3.05, 3.63) is 94.5 Å². The Hall–Kier alpha value is -2.58. The summed E-state index contributed by atoms with van der Waals surface area (Å²) in [5.74, 6) is 1.42. The maximum absolute atomic E-state index is 12.3. The van der Waals surface area contributed by atoms with Crippen LogP contribution in [0, 0.1) is 0 Å². The van der Waals surface area contributed by atoms with Crippen LogP contribution in [0.2, 0.25) is 0 Å². The van der Waals surface area contributed by atoms with Crippen LogP contribution >= 0.6 is 0 Å². The first kappa shape index (κ1) is 19.7.